The second kappa shape index (κ2) is 6.15. The Morgan fingerprint density at radius 3 is 2.41 bits per heavy atom. The van der Waals surface area contributed by atoms with E-state index in [0.29, 0.717) is 12.0 Å². The zero-order chi connectivity index (χ0) is 13.0. The number of aldehydes is 1. The molecule has 96 valence electrons. The van der Waals surface area contributed by atoms with E-state index >= 15 is 0 Å². The van der Waals surface area contributed by atoms with E-state index in [0.717, 1.165) is 35.0 Å². The standard InChI is InChI=1S/C13H22N2OS/c1-6-10(5)12-11(8-16)17-13(14-12)15(7-2)9(3)4/h8-10H,6-7H2,1-5H3. The maximum absolute atomic E-state index is 11.1. The number of anilines is 1. The molecule has 1 aromatic rings. The molecule has 0 fully saturated rings. The number of aromatic nitrogens is 1. The largest absolute Gasteiger partial charge is 0.346 e. The van der Waals surface area contributed by atoms with Crippen LogP contribution in [0.3, 0.4) is 0 Å². The van der Waals surface area contributed by atoms with Gasteiger partial charge < -0.3 is 4.90 Å². The van der Waals surface area contributed by atoms with Crippen molar-refractivity contribution in [2.24, 2.45) is 0 Å². The second-order valence-electron chi connectivity index (χ2n) is 4.55. The molecule has 1 rings (SSSR count). The molecule has 1 aromatic heterocycles. The van der Waals surface area contributed by atoms with E-state index in [2.05, 4.69) is 44.5 Å². The van der Waals surface area contributed by atoms with Gasteiger partial charge in [0.05, 0.1) is 10.6 Å². The van der Waals surface area contributed by atoms with Gasteiger partial charge in [0, 0.05) is 12.6 Å². The number of rotatable bonds is 6. The van der Waals surface area contributed by atoms with Crippen LogP contribution in [0.2, 0.25) is 0 Å². The average molecular weight is 254 g/mol. The van der Waals surface area contributed by atoms with E-state index in [1.807, 2.05) is 0 Å². The molecule has 0 spiro atoms. The first-order chi connectivity index (χ1) is 8.04. The summed E-state index contributed by atoms with van der Waals surface area (Å²) in [6, 6.07) is 0.412. The fourth-order valence-electron chi connectivity index (χ4n) is 1.81. The van der Waals surface area contributed by atoms with Gasteiger partial charge in [0.2, 0.25) is 0 Å². The lowest BCUT2D eigenvalue weighted by Gasteiger charge is -2.24. The Hall–Kier alpha value is -0.900. The lowest BCUT2D eigenvalue weighted by molar-refractivity contribution is 0.112. The van der Waals surface area contributed by atoms with Crippen LogP contribution in [0.1, 0.15) is 62.3 Å². The predicted molar refractivity (Wildman–Crippen MR) is 74.4 cm³/mol. The molecule has 1 heterocycles. The summed E-state index contributed by atoms with van der Waals surface area (Å²) in [4.78, 5) is 18.8. The summed E-state index contributed by atoms with van der Waals surface area (Å²) in [6.45, 7) is 11.6. The molecular weight excluding hydrogens is 232 g/mol. The summed E-state index contributed by atoms with van der Waals surface area (Å²) < 4.78 is 0. The minimum Gasteiger partial charge on any atom is -0.346 e. The molecule has 0 saturated carbocycles. The first-order valence-electron chi connectivity index (χ1n) is 6.27. The van der Waals surface area contributed by atoms with Gasteiger partial charge in [-0.05, 0) is 33.1 Å². The zero-order valence-corrected chi connectivity index (χ0v) is 12.2. The van der Waals surface area contributed by atoms with Crippen molar-refractivity contribution < 1.29 is 4.79 Å². The molecule has 3 nitrogen and oxygen atoms in total. The van der Waals surface area contributed by atoms with E-state index in [1.54, 1.807) is 0 Å². The lowest BCUT2D eigenvalue weighted by Crippen LogP contribution is -2.30. The fourth-order valence-corrected chi connectivity index (χ4v) is 3.00. The van der Waals surface area contributed by atoms with Gasteiger partial charge in [0.15, 0.2) is 11.4 Å². The van der Waals surface area contributed by atoms with E-state index in [1.165, 1.54) is 11.3 Å². The Bertz CT molecular complexity index is 373. The Morgan fingerprint density at radius 2 is 2.00 bits per heavy atom. The van der Waals surface area contributed by atoms with Crippen molar-refractivity contribution >= 4 is 22.8 Å². The highest BCUT2D eigenvalue weighted by Gasteiger charge is 2.19. The lowest BCUT2D eigenvalue weighted by atomic mass is 10.0. The maximum atomic E-state index is 11.1. The van der Waals surface area contributed by atoms with Gasteiger partial charge in [-0.3, -0.25) is 4.79 Å². The Kier molecular flexibility index (Phi) is 5.12. The monoisotopic (exact) mass is 254 g/mol. The molecule has 4 heteroatoms. The number of thiazole rings is 1. The normalized spacial score (nSPS) is 12.8. The van der Waals surface area contributed by atoms with Crippen LogP contribution in [-0.4, -0.2) is 23.9 Å². The van der Waals surface area contributed by atoms with Crippen LogP contribution in [0, 0.1) is 0 Å². The maximum Gasteiger partial charge on any atom is 0.186 e. The van der Waals surface area contributed by atoms with Crippen LogP contribution in [-0.2, 0) is 0 Å². The quantitative estimate of drug-likeness (QED) is 0.726. The first kappa shape index (κ1) is 14.2. The van der Waals surface area contributed by atoms with E-state index in [-0.39, 0.29) is 0 Å². The Morgan fingerprint density at radius 1 is 1.35 bits per heavy atom. The highest BCUT2D eigenvalue weighted by molar-refractivity contribution is 7.17. The number of carbonyl (C=O) groups excluding carboxylic acids is 1. The molecular formula is C13H22N2OS. The van der Waals surface area contributed by atoms with Gasteiger partial charge in [0.25, 0.3) is 0 Å². The molecule has 0 aliphatic carbocycles. The SMILES string of the molecule is CCC(C)c1nc(N(CC)C(C)C)sc1C=O. The second-order valence-corrected chi connectivity index (χ2v) is 5.56. The van der Waals surface area contributed by atoms with Gasteiger partial charge in [-0.1, -0.05) is 25.2 Å². The van der Waals surface area contributed by atoms with Crippen LogP contribution in [0.4, 0.5) is 5.13 Å². The average Bonchev–Trinajstić information content (AvgIpc) is 2.72. The van der Waals surface area contributed by atoms with Gasteiger partial charge in [0.1, 0.15) is 0 Å². The molecule has 0 amide bonds. The van der Waals surface area contributed by atoms with Crippen LogP contribution in [0.5, 0.6) is 0 Å². The van der Waals surface area contributed by atoms with Gasteiger partial charge in [-0.15, -0.1) is 0 Å². The van der Waals surface area contributed by atoms with Crippen molar-refractivity contribution in [3.63, 3.8) is 0 Å². The zero-order valence-electron chi connectivity index (χ0n) is 11.4. The highest BCUT2D eigenvalue weighted by atomic mass is 32.1. The molecule has 0 aliphatic rings. The van der Waals surface area contributed by atoms with Crippen molar-refractivity contribution in [3.05, 3.63) is 10.6 Å². The summed E-state index contributed by atoms with van der Waals surface area (Å²) in [7, 11) is 0. The number of nitrogens with zero attached hydrogens (tertiary/aromatic N) is 2. The van der Waals surface area contributed by atoms with Crippen molar-refractivity contribution in [3.8, 4) is 0 Å². The van der Waals surface area contributed by atoms with Crippen molar-refractivity contribution in [1.29, 1.82) is 0 Å². The van der Waals surface area contributed by atoms with Gasteiger partial charge in [-0.25, -0.2) is 4.98 Å². The van der Waals surface area contributed by atoms with E-state index in [9.17, 15) is 4.79 Å². The van der Waals surface area contributed by atoms with Crippen molar-refractivity contribution in [2.45, 2.75) is 53.0 Å². The Balaban J connectivity index is 3.11. The van der Waals surface area contributed by atoms with Crippen LogP contribution in [0.25, 0.3) is 0 Å². The predicted octanol–water partition coefficient (Wildman–Crippen LogP) is 3.70. The number of carbonyl (C=O) groups is 1. The summed E-state index contributed by atoms with van der Waals surface area (Å²) in [6.07, 6.45) is 1.95. The fraction of sp³-hybridized carbons (Fsp3) is 0.692. The topological polar surface area (TPSA) is 33.2 Å². The van der Waals surface area contributed by atoms with Gasteiger partial charge >= 0.3 is 0 Å². The first-order valence-corrected chi connectivity index (χ1v) is 7.09. The summed E-state index contributed by atoms with van der Waals surface area (Å²) in [5.41, 5.74) is 0.960. The summed E-state index contributed by atoms with van der Waals surface area (Å²) in [5.74, 6) is 0.353. The van der Waals surface area contributed by atoms with Crippen LogP contribution in [0.15, 0.2) is 0 Å². The number of hydrogen-bond donors (Lipinski definition) is 0. The van der Waals surface area contributed by atoms with Crippen molar-refractivity contribution in [1.82, 2.24) is 4.98 Å². The van der Waals surface area contributed by atoms with Crippen molar-refractivity contribution in [2.75, 3.05) is 11.4 Å². The molecule has 0 radical (unpaired) electrons. The van der Waals surface area contributed by atoms with Crippen LogP contribution >= 0.6 is 11.3 Å². The van der Waals surface area contributed by atoms with E-state index < -0.39 is 0 Å². The third-order valence-corrected chi connectivity index (χ3v) is 4.10. The third-order valence-electron chi connectivity index (χ3n) is 3.07. The smallest absolute Gasteiger partial charge is 0.186 e. The molecule has 1 atom stereocenters. The minimum absolute atomic E-state index is 0.353. The summed E-state index contributed by atoms with van der Waals surface area (Å²) in [5, 5.41) is 0.972. The molecule has 17 heavy (non-hydrogen) atoms. The molecule has 0 aromatic carbocycles. The molecule has 1 unspecified atom stereocenters. The van der Waals surface area contributed by atoms with E-state index in [4.69, 9.17) is 0 Å². The summed E-state index contributed by atoms with van der Waals surface area (Å²) >= 11 is 1.51. The van der Waals surface area contributed by atoms with Gasteiger partial charge in [-0.2, -0.15) is 0 Å². The highest BCUT2D eigenvalue weighted by Crippen LogP contribution is 2.31. The van der Waals surface area contributed by atoms with Crippen LogP contribution < -0.4 is 4.90 Å². The third kappa shape index (κ3) is 3.06. The molecule has 0 N–H and O–H groups in total. The number of hydrogen-bond acceptors (Lipinski definition) is 4. The molecule has 0 aliphatic heterocycles. The Labute approximate surface area is 108 Å². The molecule has 0 saturated heterocycles. The molecule has 0 bridgehead atoms. The minimum atomic E-state index is 0.353.